The van der Waals surface area contributed by atoms with E-state index in [1.165, 1.54) is 103 Å². The molecule has 350 valence electrons. The molecule has 3 atom stereocenters. The Kier molecular flexibility index (Phi) is 9.75. The number of nitrogens with zero attached hydrogens (tertiary/aromatic N) is 2. The zero-order valence-corrected chi connectivity index (χ0v) is 43.3. The molecule has 0 saturated carbocycles. The van der Waals surface area contributed by atoms with E-state index in [0.29, 0.717) is 0 Å². The maximum Gasteiger partial charge on any atom is 0.295 e. The molecular weight excluding hydrogens is 836 g/mol. The van der Waals surface area contributed by atoms with E-state index in [0.717, 1.165) is 18.5 Å². The van der Waals surface area contributed by atoms with E-state index >= 15 is 0 Å². The molecule has 0 saturated heterocycles. The number of hydrogen-bond donors (Lipinski definition) is 0. The van der Waals surface area contributed by atoms with Crippen molar-refractivity contribution >= 4 is 40.4 Å². The van der Waals surface area contributed by atoms with Gasteiger partial charge in [0.05, 0.1) is 29.0 Å². The zero-order valence-electron chi connectivity index (χ0n) is 43.3. The van der Waals surface area contributed by atoms with Crippen LogP contribution in [0.5, 0.6) is 0 Å². The number of benzene rings is 5. The van der Waals surface area contributed by atoms with Crippen LogP contribution in [0.2, 0.25) is 0 Å². The number of rotatable bonds is 4. The second-order valence-electron chi connectivity index (χ2n) is 25.4. The molecule has 3 heterocycles. The minimum absolute atomic E-state index is 0.00570. The van der Waals surface area contributed by atoms with Gasteiger partial charge in [-0.1, -0.05) is 179 Å². The number of fused-ring (bicyclic) bond motifs is 6. The predicted molar refractivity (Wildman–Crippen MR) is 293 cm³/mol. The summed E-state index contributed by atoms with van der Waals surface area (Å²) in [6, 6.07) is 39.9. The Labute approximate surface area is 413 Å². The highest BCUT2D eigenvalue weighted by Crippen LogP contribution is 2.57. The van der Waals surface area contributed by atoms with Crippen LogP contribution in [0, 0.1) is 29.1 Å². The molecule has 3 nitrogen and oxygen atoms in total. The average Bonchev–Trinajstić information content (AvgIpc) is 3.70. The maximum atomic E-state index is 7.62. The second-order valence-corrected chi connectivity index (χ2v) is 25.4. The molecule has 0 amide bonds. The van der Waals surface area contributed by atoms with E-state index in [1.807, 2.05) is 0 Å². The molecule has 3 unspecified atom stereocenters. The lowest BCUT2D eigenvalue weighted by Gasteiger charge is -2.50. The first-order chi connectivity index (χ1) is 32.7. The first kappa shape index (κ1) is 44.5. The Hall–Kier alpha value is -5.74. The van der Waals surface area contributed by atoms with Gasteiger partial charge in [0.25, 0.3) is 6.71 Å². The van der Waals surface area contributed by atoms with Crippen molar-refractivity contribution in [1.29, 1.82) is 0 Å². The highest BCUT2D eigenvalue weighted by molar-refractivity contribution is 6.94. The number of aryl methyl sites for hydroxylation is 1. The quantitative estimate of drug-likeness (QED) is 0.167. The second kappa shape index (κ2) is 15.1. The van der Waals surface area contributed by atoms with Gasteiger partial charge in [-0.15, -0.1) is 0 Å². The molecule has 0 bridgehead atoms. The van der Waals surface area contributed by atoms with Gasteiger partial charge in [-0.2, -0.15) is 0 Å². The van der Waals surface area contributed by atoms with Crippen molar-refractivity contribution in [1.82, 2.24) is 0 Å². The molecule has 3 aliphatic heterocycles. The molecule has 12 rings (SSSR count). The first-order valence-electron chi connectivity index (χ1n) is 26.1. The molecule has 4 aliphatic carbocycles. The standard InChI is InChI=1S/C65H71BN2O/c1-40-33-55-58-56(34-40)68(54-39-51-50(64(9,10)31-32-65(51,11)12)38-46(54)42-21-17-14-18-22-42)53-27-23-43(41-19-15-13-16-20-41)35-52(53)66(58)60-59(47-36-44(61(2,3)4)24-28-57(47)69-60)67(55)45-25-26-48-49(37-45)63(7,8)30-29-62(48,5)6/h13-28,33-36,38-39,45,47,57H,29-32,37H2,1-12H3. The summed E-state index contributed by atoms with van der Waals surface area (Å²) in [6.45, 7) is 29.1. The minimum Gasteiger partial charge on any atom is -0.497 e. The molecular formula is C65H71BN2O. The predicted octanol–water partition coefficient (Wildman–Crippen LogP) is 15.7. The van der Waals surface area contributed by atoms with Gasteiger partial charge in [0.15, 0.2) is 0 Å². The van der Waals surface area contributed by atoms with Crippen LogP contribution in [0.15, 0.2) is 162 Å². The van der Waals surface area contributed by atoms with Crippen LogP contribution in [0.3, 0.4) is 0 Å². The van der Waals surface area contributed by atoms with Gasteiger partial charge in [-0.3, -0.25) is 0 Å². The molecule has 7 aliphatic rings. The normalized spacial score (nSPS) is 24.1. The third-order valence-corrected chi connectivity index (χ3v) is 17.9. The molecule has 0 fully saturated rings. The van der Waals surface area contributed by atoms with E-state index in [2.05, 4.69) is 226 Å². The summed E-state index contributed by atoms with van der Waals surface area (Å²) in [6.07, 6.45) is 18.1. The summed E-state index contributed by atoms with van der Waals surface area (Å²) in [5.41, 5.74) is 24.3. The highest BCUT2D eigenvalue weighted by atomic mass is 16.5. The molecule has 5 aromatic carbocycles. The number of anilines is 4. The molecule has 4 heteroatoms. The van der Waals surface area contributed by atoms with Crippen LogP contribution in [0.1, 0.15) is 125 Å². The largest absolute Gasteiger partial charge is 0.497 e. The van der Waals surface area contributed by atoms with Crippen molar-refractivity contribution < 1.29 is 4.74 Å². The van der Waals surface area contributed by atoms with Crippen LogP contribution < -0.4 is 20.7 Å². The lowest BCUT2D eigenvalue weighted by atomic mass is 9.35. The van der Waals surface area contributed by atoms with Crippen molar-refractivity contribution in [3.63, 3.8) is 0 Å². The summed E-state index contributed by atoms with van der Waals surface area (Å²) in [5.74, 6) is 0.0885. The van der Waals surface area contributed by atoms with Crippen LogP contribution in [-0.4, -0.2) is 18.9 Å². The van der Waals surface area contributed by atoms with Gasteiger partial charge in [-0.05, 0) is 158 Å². The Morgan fingerprint density at radius 3 is 1.94 bits per heavy atom. The Morgan fingerprint density at radius 1 is 0.609 bits per heavy atom. The smallest absolute Gasteiger partial charge is 0.295 e. The van der Waals surface area contributed by atoms with E-state index in [-0.39, 0.29) is 51.9 Å². The first-order valence-corrected chi connectivity index (χ1v) is 26.1. The van der Waals surface area contributed by atoms with E-state index < -0.39 is 0 Å². The van der Waals surface area contributed by atoms with Gasteiger partial charge in [0.1, 0.15) is 6.10 Å². The molecule has 69 heavy (non-hydrogen) atoms. The molecule has 0 radical (unpaired) electrons. The maximum absolute atomic E-state index is 7.62. The van der Waals surface area contributed by atoms with Crippen LogP contribution in [-0.2, 0) is 15.6 Å². The third-order valence-electron chi connectivity index (χ3n) is 17.9. The fraction of sp³-hybridized carbons (Fsp3) is 0.385. The lowest BCUT2D eigenvalue weighted by Crippen LogP contribution is -2.58. The van der Waals surface area contributed by atoms with Crippen molar-refractivity contribution in [2.75, 3.05) is 9.80 Å². The summed E-state index contributed by atoms with van der Waals surface area (Å²) >= 11 is 0. The van der Waals surface area contributed by atoms with Crippen molar-refractivity contribution in [3.05, 3.63) is 178 Å². The van der Waals surface area contributed by atoms with Gasteiger partial charge < -0.3 is 14.5 Å². The summed E-state index contributed by atoms with van der Waals surface area (Å²) in [4.78, 5) is 5.48. The Balaban J connectivity index is 1.16. The summed E-state index contributed by atoms with van der Waals surface area (Å²) < 4.78 is 7.62. The highest BCUT2D eigenvalue weighted by Gasteiger charge is 2.54. The average molecular weight is 907 g/mol. The molecule has 5 aromatic rings. The zero-order chi connectivity index (χ0) is 48.2. The van der Waals surface area contributed by atoms with Crippen molar-refractivity contribution in [2.24, 2.45) is 22.2 Å². The minimum atomic E-state index is -0.0946. The fourth-order valence-corrected chi connectivity index (χ4v) is 13.6. The van der Waals surface area contributed by atoms with Gasteiger partial charge in [-0.25, -0.2) is 0 Å². The third kappa shape index (κ3) is 6.88. The fourth-order valence-electron chi connectivity index (χ4n) is 13.6. The molecule has 0 spiro atoms. The number of hydrogen-bond acceptors (Lipinski definition) is 3. The molecule has 0 N–H and O–H groups in total. The Morgan fingerprint density at radius 2 is 1.25 bits per heavy atom. The van der Waals surface area contributed by atoms with E-state index in [9.17, 15) is 0 Å². The summed E-state index contributed by atoms with van der Waals surface area (Å²) in [5, 5.41) is 0. The van der Waals surface area contributed by atoms with Crippen molar-refractivity contribution in [3.8, 4) is 22.3 Å². The Bertz CT molecular complexity index is 3130. The van der Waals surface area contributed by atoms with Gasteiger partial charge in [0.2, 0.25) is 0 Å². The molecule has 0 aromatic heterocycles. The lowest BCUT2D eigenvalue weighted by molar-refractivity contribution is 0.179. The van der Waals surface area contributed by atoms with Crippen molar-refractivity contribution in [2.45, 2.75) is 138 Å². The monoisotopic (exact) mass is 907 g/mol. The van der Waals surface area contributed by atoms with Crippen LogP contribution in [0.4, 0.5) is 22.7 Å². The SMILES string of the molecule is Cc1cc2c3c(c1)N(C1C=CC4=C(C1)C(C)(C)CCC4(C)C)C1=C(OC4C=CC(C(C)(C)C)=CC14)B3c1cc(-c3ccccc3)ccc1N2c1cc2c(cc1-c1ccccc1)C(C)(C)CCC2(C)C. The van der Waals surface area contributed by atoms with Gasteiger partial charge >= 0.3 is 0 Å². The number of allylic oxidation sites excluding steroid dienone is 4. The topological polar surface area (TPSA) is 15.7 Å². The number of ether oxygens (including phenoxy) is 1. The van der Waals surface area contributed by atoms with E-state index in [4.69, 9.17) is 4.74 Å². The van der Waals surface area contributed by atoms with Crippen LogP contribution >= 0.6 is 0 Å². The van der Waals surface area contributed by atoms with E-state index in [1.54, 1.807) is 11.1 Å². The summed E-state index contributed by atoms with van der Waals surface area (Å²) in [7, 11) is 0. The van der Waals surface area contributed by atoms with Crippen LogP contribution in [0.25, 0.3) is 22.3 Å². The van der Waals surface area contributed by atoms with Gasteiger partial charge in [0, 0.05) is 22.6 Å².